The van der Waals surface area contributed by atoms with Gasteiger partial charge < -0.3 is 10.2 Å². The molecule has 1 aliphatic carbocycles. The Balaban J connectivity index is 1.51. The zero-order valence-corrected chi connectivity index (χ0v) is 23.9. The molecule has 5 rings (SSSR count). The van der Waals surface area contributed by atoms with Crippen LogP contribution in [-0.4, -0.2) is 28.6 Å². The van der Waals surface area contributed by atoms with Crippen molar-refractivity contribution in [3.05, 3.63) is 94.9 Å². The first kappa shape index (κ1) is 27.9. The van der Waals surface area contributed by atoms with E-state index in [1.165, 1.54) is 54.1 Å². The Morgan fingerprint density at radius 1 is 0.950 bits per heavy atom. The third kappa shape index (κ3) is 6.24. The third-order valence-corrected chi connectivity index (χ3v) is 9.45. The zero-order chi connectivity index (χ0) is 28.3. The summed E-state index contributed by atoms with van der Waals surface area (Å²) in [6.45, 7) is 1.95. The van der Waals surface area contributed by atoms with Crippen molar-refractivity contribution in [3.8, 4) is 22.8 Å². The average molecular weight is 578 g/mol. The van der Waals surface area contributed by atoms with E-state index in [4.69, 9.17) is 11.6 Å². The number of sulfonamides is 1. The van der Waals surface area contributed by atoms with Crippen LogP contribution in [0.3, 0.4) is 0 Å². The molecule has 0 saturated heterocycles. The summed E-state index contributed by atoms with van der Waals surface area (Å²) in [5, 5.41) is 20.4. The summed E-state index contributed by atoms with van der Waals surface area (Å²) < 4.78 is 29.2. The summed E-state index contributed by atoms with van der Waals surface area (Å²) >= 11 is 6.02. The van der Waals surface area contributed by atoms with Crippen LogP contribution in [0.25, 0.3) is 11.3 Å². The van der Waals surface area contributed by atoms with Crippen molar-refractivity contribution in [2.24, 2.45) is 5.92 Å². The molecule has 4 aromatic rings. The number of hydrogen-bond donors (Lipinski definition) is 2. The maximum atomic E-state index is 14.0. The van der Waals surface area contributed by atoms with Crippen LogP contribution in [0.2, 0.25) is 5.28 Å². The first-order valence-corrected chi connectivity index (χ1v) is 15.2. The van der Waals surface area contributed by atoms with Gasteiger partial charge in [0.1, 0.15) is 16.4 Å². The van der Waals surface area contributed by atoms with Gasteiger partial charge in [0.05, 0.1) is 17.9 Å². The molecule has 1 aromatic heterocycles. The first-order chi connectivity index (χ1) is 19.2. The zero-order valence-electron chi connectivity index (χ0n) is 22.3. The van der Waals surface area contributed by atoms with E-state index in [0.717, 1.165) is 29.2 Å². The second-order valence-corrected chi connectivity index (χ2v) is 12.6. The smallest absolute Gasteiger partial charge is 0.268 e. The molecule has 0 unspecified atom stereocenters. The molecule has 7 nitrogen and oxygen atoms in total. The van der Waals surface area contributed by atoms with Gasteiger partial charge in [0.2, 0.25) is 5.28 Å². The molecular formula is C31H32ClN3O4S. The molecule has 208 valence electrons. The van der Waals surface area contributed by atoms with Crippen LogP contribution in [0.5, 0.6) is 11.5 Å². The SMILES string of the molecule is Cc1cnc(Cl)nc1-c1ccc(N(Cc2cccc(CC3CCCCC3)c2)S(=O)(=O)c2ccc(O)cc2O)cc1. The molecule has 0 amide bonds. The molecule has 1 heterocycles. The van der Waals surface area contributed by atoms with Crippen molar-refractivity contribution >= 4 is 27.3 Å². The number of anilines is 1. The predicted octanol–water partition coefficient (Wildman–Crippen LogP) is 7.03. The highest BCUT2D eigenvalue weighted by Gasteiger charge is 2.29. The largest absolute Gasteiger partial charge is 0.508 e. The number of aromatic hydroxyl groups is 2. The van der Waals surface area contributed by atoms with Crippen molar-refractivity contribution in [1.82, 2.24) is 9.97 Å². The Labute approximate surface area is 240 Å². The minimum atomic E-state index is -4.21. The van der Waals surface area contributed by atoms with E-state index in [-0.39, 0.29) is 22.5 Å². The van der Waals surface area contributed by atoms with Crippen LogP contribution in [0.15, 0.2) is 77.8 Å². The first-order valence-electron chi connectivity index (χ1n) is 13.4. The van der Waals surface area contributed by atoms with Gasteiger partial charge in [-0.3, -0.25) is 4.31 Å². The summed E-state index contributed by atoms with van der Waals surface area (Å²) in [5.41, 5.74) is 4.73. The van der Waals surface area contributed by atoms with Gasteiger partial charge in [0, 0.05) is 17.8 Å². The second-order valence-electron chi connectivity index (χ2n) is 10.4. The Bertz CT molecular complexity index is 1600. The van der Waals surface area contributed by atoms with E-state index in [9.17, 15) is 18.6 Å². The van der Waals surface area contributed by atoms with Crippen molar-refractivity contribution in [2.45, 2.75) is 56.9 Å². The summed E-state index contributed by atoms with van der Waals surface area (Å²) in [4.78, 5) is 8.05. The minimum Gasteiger partial charge on any atom is -0.508 e. The highest BCUT2D eigenvalue weighted by atomic mass is 35.5. The number of hydrogen-bond acceptors (Lipinski definition) is 6. The lowest BCUT2D eigenvalue weighted by molar-refractivity contribution is 0.356. The number of halogens is 1. The number of rotatable bonds is 8. The molecule has 0 spiro atoms. The Hall–Kier alpha value is -3.62. The van der Waals surface area contributed by atoms with Crippen LogP contribution < -0.4 is 4.31 Å². The lowest BCUT2D eigenvalue weighted by Crippen LogP contribution is -2.30. The number of nitrogens with zero attached hydrogens (tertiary/aromatic N) is 3. The highest BCUT2D eigenvalue weighted by Crippen LogP contribution is 2.34. The van der Waals surface area contributed by atoms with E-state index in [1.807, 2.05) is 19.1 Å². The van der Waals surface area contributed by atoms with Gasteiger partial charge in [-0.2, -0.15) is 0 Å². The lowest BCUT2D eigenvalue weighted by Gasteiger charge is -2.26. The molecule has 0 bridgehead atoms. The van der Waals surface area contributed by atoms with Crippen molar-refractivity contribution in [3.63, 3.8) is 0 Å². The van der Waals surface area contributed by atoms with E-state index in [2.05, 4.69) is 22.1 Å². The Morgan fingerprint density at radius 3 is 2.40 bits per heavy atom. The van der Waals surface area contributed by atoms with E-state index in [1.54, 1.807) is 30.5 Å². The van der Waals surface area contributed by atoms with Crippen LogP contribution >= 0.6 is 11.6 Å². The number of benzene rings is 3. The van der Waals surface area contributed by atoms with Gasteiger partial charge in [-0.1, -0.05) is 68.5 Å². The molecule has 0 aliphatic heterocycles. The van der Waals surface area contributed by atoms with E-state index >= 15 is 0 Å². The number of aryl methyl sites for hydroxylation is 1. The predicted molar refractivity (Wildman–Crippen MR) is 157 cm³/mol. The Kier molecular flexibility index (Phi) is 8.28. The van der Waals surface area contributed by atoms with Crippen molar-refractivity contribution < 1.29 is 18.6 Å². The van der Waals surface area contributed by atoms with E-state index in [0.29, 0.717) is 17.3 Å². The summed E-state index contributed by atoms with van der Waals surface area (Å²) in [6.07, 6.45) is 8.92. The molecule has 40 heavy (non-hydrogen) atoms. The van der Waals surface area contributed by atoms with Crippen molar-refractivity contribution in [1.29, 1.82) is 0 Å². The van der Waals surface area contributed by atoms with Gasteiger partial charge in [-0.15, -0.1) is 0 Å². The maximum Gasteiger partial charge on any atom is 0.268 e. The average Bonchev–Trinajstić information content (AvgIpc) is 2.94. The summed E-state index contributed by atoms with van der Waals surface area (Å²) in [7, 11) is -4.21. The fourth-order valence-electron chi connectivity index (χ4n) is 5.40. The molecule has 0 radical (unpaired) electrons. The van der Waals surface area contributed by atoms with Gasteiger partial charge >= 0.3 is 0 Å². The normalized spacial score (nSPS) is 14.2. The van der Waals surface area contributed by atoms with Gasteiger partial charge in [0.25, 0.3) is 10.0 Å². The highest BCUT2D eigenvalue weighted by molar-refractivity contribution is 7.92. The van der Waals surface area contributed by atoms with Crippen LogP contribution in [-0.2, 0) is 23.0 Å². The molecule has 1 saturated carbocycles. The number of phenolic OH excluding ortho intramolecular Hbond substituents is 2. The molecule has 2 N–H and O–H groups in total. The summed E-state index contributed by atoms with van der Waals surface area (Å²) in [6, 6.07) is 18.6. The number of phenols is 2. The Morgan fingerprint density at radius 2 is 1.68 bits per heavy atom. The second kappa shape index (κ2) is 11.9. The van der Waals surface area contributed by atoms with Crippen LogP contribution in [0, 0.1) is 12.8 Å². The van der Waals surface area contributed by atoms with Gasteiger partial charge in [0.15, 0.2) is 0 Å². The molecule has 9 heteroatoms. The maximum absolute atomic E-state index is 14.0. The minimum absolute atomic E-state index is 0.0683. The molecule has 1 fully saturated rings. The molecule has 0 atom stereocenters. The molecular weight excluding hydrogens is 546 g/mol. The summed E-state index contributed by atoms with van der Waals surface area (Å²) in [5.74, 6) is -0.0790. The van der Waals surface area contributed by atoms with Crippen LogP contribution in [0.1, 0.15) is 48.8 Å². The topological polar surface area (TPSA) is 104 Å². The van der Waals surface area contributed by atoms with Crippen LogP contribution in [0.4, 0.5) is 5.69 Å². The fourth-order valence-corrected chi connectivity index (χ4v) is 7.05. The number of aromatic nitrogens is 2. The third-order valence-electron chi connectivity index (χ3n) is 7.45. The van der Waals surface area contributed by atoms with Gasteiger partial charge in [-0.25, -0.2) is 18.4 Å². The monoisotopic (exact) mass is 577 g/mol. The molecule has 3 aromatic carbocycles. The lowest BCUT2D eigenvalue weighted by atomic mass is 9.84. The van der Waals surface area contributed by atoms with Crippen molar-refractivity contribution in [2.75, 3.05) is 4.31 Å². The van der Waals surface area contributed by atoms with E-state index < -0.39 is 15.8 Å². The van der Waals surface area contributed by atoms with Gasteiger partial charge in [-0.05, 0) is 71.8 Å². The quantitative estimate of drug-likeness (QED) is 0.218. The fraction of sp³-hybridized carbons (Fsp3) is 0.290. The molecule has 1 aliphatic rings. The standard InChI is InChI=1S/C31H32ClN3O4S/c1-21-19-33-31(32)34-30(21)25-10-12-26(13-11-25)35(40(38,39)29-15-14-27(36)18-28(29)37)20-24-9-5-8-23(17-24)16-22-6-3-2-4-7-22/h5,8-15,17-19,22,36-37H,2-4,6-7,16,20H2,1H3.